The third-order valence-corrected chi connectivity index (χ3v) is 4.77. The van der Waals surface area contributed by atoms with Gasteiger partial charge in [0.05, 0.1) is 15.4 Å². The molecule has 3 N–H and O–H groups in total. The van der Waals surface area contributed by atoms with E-state index in [-0.39, 0.29) is 0 Å². The molecule has 3 rings (SSSR count). The molecule has 26 heavy (non-hydrogen) atoms. The summed E-state index contributed by atoms with van der Waals surface area (Å²) in [4.78, 5) is 28.9. The van der Waals surface area contributed by atoms with E-state index < -0.39 is 17.9 Å². The molecule has 0 saturated carbocycles. The van der Waals surface area contributed by atoms with Gasteiger partial charge in [0.1, 0.15) is 29.7 Å². The molecule has 8 heteroatoms. The second-order valence-corrected chi connectivity index (χ2v) is 7.24. The van der Waals surface area contributed by atoms with Crippen LogP contribution in [0.4, 0.5) is 0 Å². The highest BCUT2D eigenvalue weighted by atomic mass is 32.1. The average molecular weight is 373 g/mol. The van der Waals surface area contributed by atoms with E-state index in [4.69, 9.17) is 14.9 Å². The number of rotatable bonds is 6. The average Bonchev–Trinajstić information content (AvgIpc) is 3.14. The number of nitrogens with zero attached hydrogens (tertiary/aromatic N) is 1. The highest BCUT2D eigenvalue weighted by Gasteiger charge is 2.21. The Bertz CT molecular complexity index is 976. The van der Waals surface area contributed by atoms with Gasteiger partial charge in [-0.3, -0.25) is 9.59 Å². The van der Waals surface area contributed by atoms with Crippen molar-refractivity contribution in [3.8, 4) is 5.75 Å². The minimum Gasteiger partial charge on any atom is -0.488 e. The molecule has 0 spiro atoms. The van der Waals surface area contributed by atoms with Crippen molar-refractivity contribution in [2.24, 2.45) is 5.73 Å². The predicted octanol–water partition coefficient (Wildman–Crippen LogP) is 2.69. The molecule has 2 amide bonds. The molecule has 3 aromatic rings. The van der Waals surface area contributed by atoms with Gasteiger partial charge in [-0.05, 0) is 39.0 Å². The number of fused-ring (bicyclic) bond motifs is 1. The zero-order valence-electron chi connectivity index (χ0n) is 14.7. The Hall–Kier alpha value is -2.87. The van der Waals surface area contributed by atoms with Crippen molar-refractivity contribution in [2.45, 2.75) is 33.4 Å². The van der Waals surface area contributed by atoms with Crippen LogP contribution >= 0.6 is 11.3 Å². The SMILES string of the molecule is Cc1ncc(COc2ccc3oc(C)c(C(=O)NC(C)C(N)=O)c3c2)s1. The quantitative estimate of drug-likeness (QED) is 0.691. The highest BCUT2D eigenvalue weighted by molar-refractivity contribution is 7.11. The number of carbonyl (C=O) groups is 2. The summed E-state index contributed by atoms with van der Waals surface area (Å²) in [7, 11) is 0. The summed E-state index contributed by atoms with van der Waals surface area (Å²) in [5.41, 5.74) is 6.15. The molecule has 0 radical (unpaired) electrons. The molecule has 1 unspecified atom stereocenters. The number of thiazole rings is 1. The van der Waals surface area contributed by atoms with Gasteiger partial charge in [0.2, 0.25) is 5.91 Å². The molecule has 1 atom stereocenters. The number of benzene rings is 1. The van der Waals surface area contributed by atoms with Crippen LogP contribution in [0.25, 0.3) is 11.0 Å². The molecule has 0 fully saturated rings. The summed E-state index contributed by atoms with van der Waals surface area (Å²) in [6, 6.07) is 4.52. The summed E-state index contributed by atoms with van der Waals surface area (Å²) in [6.07, 6.45) is 1.78. The molecular weight excluding hydrogens is 354 g/mol. The van der Waals surface area contributed by atoms with Crippen LogP contribution in [-0.2, 0) is 11.4 Å². The number of nitrogens with one attached hydrogen (secondary N) is 1. The monoisotopic (exact) mass is 373 g/mol. The van der Waals surface area contributed by atoms with Gasteiger partial charge in [-0.25, -0.2) is 4.98 Å². The maximum Gasteiger partial charge on any atom is 0.256 e. The number of hydrogen-bond donors (Lipinski definition) is 2. The third kappa shape index (κ3) is 3.70. The van der Waals surface area contributed by atoms with Crippen LogP contribution in [0.5, 0.6) is 5.75 Å². The molecule has 0 saturated heterocycles. The van der Waals surface area contributed by atoms with Gasteiger partial charge in [0, 0.05) is 11.6 Å². The van der Waals surface area contributed by atoms with Crippen molar-refractivity contribution >= 4 is 34.1 Å². The predicted molar refractivity (Wildman–Crippen MR) is 98.3 cm³/mol. The van der Waals surface area contributed by atoms with Crippen molar-refractivity contribution in [3.63, 3.8) is 0 Å². The molecule has 0 aliphatic heterocycles. The first-order chi connectivity index (χ1) is 12.3. The first kappa shape index (κ1) is 17.9. The summed E-state index contributed by atoms with van der Waals surface area (Å²) in [6.45, 7) is 5.56. The highest BCUT2D eigenvalue weighted by Crippen LogP contribution is 2.29. The van der Waals surface area contributed by atoms with Crippen LogP contribution < -0.4 is 15.8 Å². The summed E-state index contributed by atoms with van der Waals surface area (Å²) >= 11 is 1.57. The van der Waals surface area contributed by atoms with Crippen molar-refractivity contribution in [3.05, 3.63) is 45.6 Å². The fraction of sp³-hybridized carbons (Fsp3) is 0.278. The number of aryl methyl sites for hydroxylation is 2. The number of amides is 2. The maximum absolute atomic E-state index is 12.5. The summed E-state index contributed by atoms with van der Waals surface area (Å²) in [5.74, 6) is 0.0567. The molecule has 1 aromatic carbocycles. The number of furan rings is 1. The minimum absolute atomic E-state index is 0.368. The van der Waals surface area contributed by atoms with Crippen LogP contribution in [0, 0.1) is 13.8 Å². The second-order valence-electron chi connectivity index (χ2n) is 5.92. The van der Waals surface area contributed by atoms with Crippen LogP contribution in [0.2, 0.25) is 0 Å². The number of ether oxygens (including phenoxy) is 1. The Morgan fingerprint density at radius 2 is 2.15 bits per heavy atom. The van der Waals surface area contributed by atoms with Gasteiger partial charge in [0.25, 0.3) is 5.91 Å². The van der Waals surface area contributed by atoms with Crippen molar-refractivity contribution in [2.75, 3.05) is 0 Å². The zero-order valence-corrected chi connectivity index (χ0v) is 15.5. The lowest BCUT2D eigenvalue weighted by atomic mass is 10.1. The van der Waals surface area contributed by atoms with Gasteiger partial charge >= 0.3 is 0 Å². The van der Waals surface area contributed by atoms with Crippen LogP contribution in [0.1, 0.15) is 32.9 Å². The van der Waals surface area contributed by atoms with Gasteiger partial charge in [-0.1, -0.05) is 0 Å². The first-order valence-corrected chi connectivity index (χ1v) is 8.84. The molecule has 7 nitrogen and oxygen atoms in total. The van der Waals surface area contributed by atoms with E-state index in [0.717, 1.165) is 9.88 Å². The third-order valence-electron chi connectivity index (χ3n) is 3.89. The lowest BCUT2D eigenvalue weighted by Gasteiger charge is -2.10. The second kappa shape index (κ2) is 7.17. The Balaban J connectivity index is 1.85. The molecule has 2 heterocycles. The van der Waals surface area contributed by atoms with Crippen LogP contribution in [-0.4, -0.2) is 22.8 Å². The Morgan fingerprint density at radius 3 is 2.81 bits per heavy atom. The standard InChI is InChI=1S/C18H19N3O4S/c1-9(17(19)22)21-18(23)16-10(2)25-15-5-4-12(6-14(15)16)24-8-13-7-20-11(3)26-13/h4-7,9H,8H2,1-3H3,(H2,19,22)(H,21,23). The van der Waals surface area contributed by atoms with Crippen LogP contribution in [0.15, 0.2) is 28.8 Å². The largest absolute Gasteiger partial charge is 0.488 e. The molecular formula is C18H19N3O4S. The van der Waals surface area contributed by atoms with E-state index in [1.54, 1.807) is 42.7 Å². The molecule has 136 valence electrons. The Labute approximate surface area is 154 Å². The lowest BCUT2D eigenvalue weighted by Crippen LogP contribution is -2.42. The van der Waals surface area contributed by atoms with Crippen LogP contribution in [0.3, 0.4) is 0 Å². The van der Waals surface area contributed by atoms with Gasteiger partial charge in [-0.15, -0.1) is 11.3 Å². The van der Waals surface area contributed by atoms with E-state index in [9.17, 15) is 9.59 Å². The van der Waals surface area contributed by atoms with Crippen molar-refractivity contribution in [1.29, 1.82) is 0 Å². The number of aromatic nitrogens is 1. The maximum atomic E-state index is 12.5. The number of hydrogen-bond acceptors (Lipinski definition) is 6. The van der Waals surface area contributed by atoms with E-state index in [1.807, 2.05) is 6.92 Å². The number of nitrogens with two attached hydrogens (primary N) is 1. The topological polar surface area (TPSA) is 107 Å². The smallest absolute Gasteiger partial charge is 0.256 e. The zero-order chi connectivity index (χ0) is 18.8. The minimum atomic E-state index is -0.777. The van der Waals surface area contributed by atoms with E-state index in [1.165, 1.54) is 6.92 Å². The summed E-state index contributed by atoms with van der Waals surface area (Å²) < 4.78 is 11.4. The first-order valence-electron chi connectivity index (χ1n) is 8.02. The van der Waals surface area contributed by atoms with Gasteiger partial charge in [-0.2, -0.15) is 0 Å². The van der Waals surface area contributed by atoms with Crippen molar-refractivity contribution < 1.29 is 18.7 Å². The number of carbonyl (C=O) groups excluding carboxylic acids is 2. The lowest BCUT2D eigenvalue weighted by molar-refractivity contribution is -0.119. The van der Waals surface area contributed by atoms with Crippen molar-refractivity contribution in [1.82, 2.24) is 10.3 Å². The van der Waals surface area contributed by atoms with Gasteiger partial charge < -0.3 is 20.2 Å². The Kier molecular flexibility index (Phi) is 4.94. The molecule has 2 aromatic heterocycles. The molecule has 0 aliphatic carbocycles. The Morgan fingerprint density at radius 1 is 1.38 bits per heavy atom. The normalized spacial score (nSPS) is 12.1. The molecule has 0 bridgehead atoms. The number of primary amides is 1. The molecule has 0 aliphatic rings. The fourth-order valence-electron chi connectivity index (χ4n) is 2.54. The van der Waals surface area contributed by atoms with E-state index in [0.29, 0.717) is 34.6 Å². The summed E-state index contributed by atoms with van der Waals surface area (Å²) in [5, 5.41) is 4.17. The van der Waals surface area contributed by atoms with E-state index in [2.05, 4.69) is 10.3 Å². The van der Waals surface area contributed by atoms with E-state index >= 15 is 0 Å². The van der Waals surface area contributed by atoms with Gasteiger partial charge in [0.15, 0.2) is 0 Å². The fourth-order valence-corrected chi connectivity index (χ4v) is 3.25.